The predicted octanol–water partition coefficient (Wildman–Crippen LogP) is 5.54. The lowest BCUT2D eigenvalue weighted by molar-refractivity contribution is 1.40. The van der Waals surface area contributed by atoms with E-state index in [0.717, 1.165) is 0 Å². The van der Waals surface area contributed by atoms with E-state index in [4.69, 9.17) is 0 Å². The van der Waals surface area contributed by atoms with E-state index in [1.54, 1.807) is 0 Å². The van der Waals surface area contributed by atoms with Gasteiger partial charge in [-0.05, 0) is 48.4 Å². The van der Waals surface area contributed by atoms with Crippen LogP contribution in [0, 0.1) is 20.8 Å². The summed E-state index contributed by atoms with van der Waals surface area (Å²) in [5.74, 6) is 0. The van der Waals surface area contributed by atoms with E-state index in [-0.39, 0.29) is 0 Å². The standard InChI is InChI=1S/C17H18S/c1-5-6-7-15-14(4)11-18-17(15)16-10-12(2)8-9-13(16)3/h5-11H,1H2,2-4H3/b7-6-. The molecule has 0 aliphatic rings. The third-order valence-electron chi connectivity index (χ3n) is 3.06. The largest absolute Gasteiger partial charge is 0.143 e. The molecule has 0 unspecified atom stereocenters. The highest BCUT2D eigenvalue weighted by molar-refractivity contribution is 7.14. The van der Waals surface area contributed by atoms with Crippen LogP contribution in [-0.4, -0.2) is 0 Å². The number of hydrogen-bond acceptors (Lipinski definition) is 1. The van der Waals surface area contributed by atoms with Crippen LogP contribution in [0.3, 0.4) is 0 Å². The van der Waals surface area contributed by atoms with Gasteiger partial charge in [0.2, 0.25) is 0 Å². The number of aryl methyl sites for hydroxylation is 3. The zero-order valence-electron chi connectivity index (χ0n) is 11.2. The highest BCUT2D eigenvalue weighted by atomic mass is 32.1. The van der Waals surface area contributed by atoms with Gasteiger partial charge in [0.25, 0.3) is 0 Å². The fraction of sp³-hybridized carbons (Fsp3) is 0.176. The van der Waals surface area contributed by atoms with Crippen LogP contribution in [0.25, 0.3) is 16.5 Å². The second-order valence-electron chi connectivity index (χ2n) is 4.57. The molecular weight excluding hydrogens is 236 g/mol. The van der Waals surface area contributed by atoms with Crippen molar-refractivity contribution in [2.45, 2.75) is 20.8 Å². The SMILES string of the molecule is C=C/C=C\c1c(C)csc1-c1cc(C)ccc1C. The lowest BCUT2D eigenvalue weighted by atomic mass is 10.00. The van der Waals surface area contributed by atoms with Gasteiger partial charge in [-0.1, -0.05) is 48.6 Å². The van der Waals surface area contributed by atoms with Crippen molar-refractivity contribution < 1.29 is 0 Å². The van der Waals surface area contributed by atoms with E-state index in [2.05, 4.69) is 57.0 Å². The van der Waals surface area contributed by atoms with Gasteiger partial charge in [-0.3, -0.25) is 0 Å². The first kappa shape index (κ1) is 12.8. The summed E-state index contributed by atoms with van der Waals surface area (Å²) in [6.07, 6.45) is 5.98. The van der Waals surface area contributed by atoms with Crippen LogP contribution in [0.4, 0.5) is 0 Å². The molecule has 0 aliphatic carbocycles. The number of thiophene rings is 1. The maximum absolute atomic E-state index is 3.74. The smallest absolute Gasteiger partial charge is 0.0420 e. The summed E-state index contributed by atoms with van der Waals surface area (Å²) in [6.45, 7) is 10.2. The first-order valence-electron chi connectivity index (χ1n) is 6.08. The van der Waals surface area contributed by atoms with Crippen LogP contribution < -0.4 is 0 Å². The zero-order chi connectivity index (χ0) is 13.1. The molecule has 0 N–H and O–H groups in total. The van der Waals surface area contributed by atoms with E-state index < -0.39 is 0 Å². The highest BCUT2D eigenvalue weighted by Gasteiger charge is 2.10. The quantitative estimate of drug-likeness (QED) is 0.631. The molecule has 0 radical (unpaired) electrons. The summed E-state index contributed by atoms with van der Waals surface area (Å²) >= 11 is 1.82. The van der Waals surface area contributed by atoms with Crippen molar-refractivity contribution >= 4 is 17.4 Å². The molecule has 0 nitrogen and oxygen atoms in total. The molecule has 1 aromatic heterocycles. The average molecular weight is 254 g/mol. The normalized spacial score (nSPS) is 11.1. The molecule has 0 spiro atoms. The maximum Gasteiger partial charge on any atom is 0.0420 e. The van der Waals surface area contributed by atoms with Gasteiger partial charge in [-0.2, -0.15) is 0 Å². The van der Waals surface area contributed by atoms with Gasteiger partial charge in [-0.15, -0.1) is 11.3 Å². The molecule has 2 rings (SSSR count). The van der Waals surface area contributed by atoms with Gasteiger partial charge in [0.05, 0.1) is 0 Å². The van der Waals surface area contributed by atoms with Gasteiger partial charge < -0.3 is 0 Å². The van der Waals surface area contributed by atoms with Crippen LogP contribution in [-0.2, 0) is 0 Å². The first-order chi connectivity index (χ1) is 8.63. The lowest BCUT2D eigenvalue weighted by Gasteiger charge is -2.07. The minimum Gasteiger partial charge on any atom is -0.143 e. The van der Waals surface area contributed by atoms with Crippen LogP contribution in [0.2, 0.25) is 0 Å². The number of rotatable bonds is 3. The fourth-order valence-corrected chi connectivity index (χ4v) is 3.14. The van der Waals surface area contributed by atoms with E-state index in [1.165, 1.54) is 32.7 Å². The Morgan fingerprint density at radius 2 is 1.89 bits per heavy atom. The predicted molar refractivity (Wildman–Crippen MR) is 83.2 cm³/mol. The van der Waals surface area contributed by atoms with Crippen LogP contribution in [0.15, 0.2) is 42.3 Å². The summed E-state index contributed by atoms with van der Waals surface area (Å²) < 4.78 is 0. The van der Waals surface area contributed by atoms with Gasteiger partial charge in [0.15, 0.2) is 0 Å². The van der Waals surface area contributed by atoms with Gasteiger partial charge in [-0.25, -0.2) is 0 Å². The third kappa shape index (κ3) is 2.46. The minimum absolute atomic E-state index is 1.31. The molecule has 0 saturated carbocycles. The van der Waals surface area contributed by atoms with Crippen LogP contribution >= 0.6 is 11.3 Å². The summed E-state index contributed by atoms with van der Waals surface area (Å²) in [5, 5.41) is 2.22. The Morgan fingerprint density at radius 3 is 2.61 bits per heavy atom. The molecule has 2 aromatic rings. The fourth-order valence-electron chi connectivity index (χ4n) is 2.01. The Kier molecular flexibility index (Phi) is 3.83. The van der Waals surface area contributed by atoms with Crippen molar-refractivity contribution in [2.75, 3.05) is 0 Å². The minimum atomic E-state index is 1.31. The van der Waals surface area contributed by atoms with Crippen molar-refractivity contribution in [3.05, 3.63) is 64.6 Å². The van der Waals surface area contributed by atoms with Gasteiger partial charge >= 0.3 is 0 Å². The topological polar surface area (TPSA) is 0 Å². The van der Waals surface area contributed by atoms with Crippen molar-refractivity contribution in [1.82, 2.24) is 0 Å². The van der Waals surface area contributed by atoms with Crippen molar-refractivity contribution in [3.8, 4) is 10.4 Å². The molecule has 0 saturated heterocycles. The molecule has 0 amide bonds. The number of hydrogen-bond donors (Lipinski definition) is 0. The second-order valence-corrected chi connectivity index (χ2v) is 5.45. The summed E-state index contributed by atoms with van der Waals surface area (Å²) in [6, 6.07) is 6.63. The van der Waals surface area contributed by atoms with E-state index in [1.807, 2.05) is 23.5 Å². The zero-order valence-corrected chi connectivity index (χ0v) is 12.0. The molecule has 0 fully saturated rings. The van der Waals surface area contributed by atoms with Crippen molar-refractivity contribution in [3.63, 3.8) is 0 Å². The Balaban J connectivity index is 2.60. The Bertz CT molecular complexity index is 600. The molecule has 1 aromatic carbocycles. The molecular formula is C17H18S. The molecule has 0 bridgehead atoms. The van der Waals surface area contributed by atoms with E-state index in [9.17, 15) is 0 Å². The van der Waals surface area contributed by atoms with Gasteiger partial charge in [0.1, 0.15) is 0 Å². The van der Waals surface area contributed by atoms with Crippen LogP contribution in [0.5, 0.6) is 0 Å². The van der Waals surface area contributed by atoms with E-state index >= 15 is 0 Å². The molecule has 0 aliphatic heterocycles. The summed E-state index contributed by atoms with van der Waals surface area (Å²) in [7, 11) is 0. The van der Waals surface area contributed by atoms with Crippen molar-refractivity contribution in [2.24, 2.45) is 0 Å². The Hall–Kier alpha value is -1.60. The summed E-state index contributed by atoms with van der Waals surface area (Å²) in [4.78, 5) is 1.35. The molecule has 18 heavy (non-hydrogen) atoms. The summed E-state index contributed by atoms with van der Waals surface area (Å²) in [5.41, 5.74) is 6.62. The van der Waals surface area contributed by atoms with Gasteiger partial charge in [0, 0.05) is 4.88 Å². The molecule has 92 valence electrons. The van der Waals surface area contributed by atoms with Crippen LogP contribution in [0.1, 0.15) is 22.3 Å². The van der Waals surface area contributed by atoms with Crippen molar-refractivity contribution in [1.29, 1.82) is 0 Å². The molecule has 1 heterocycles. The first-order valence-corrected chi connectivity index (χ1v) is 6.96. The third-order valence-corrected chi connectivity index (χ3v) is 4.21. The highest BCUT2D eigenvalue weighted by Crippen LogP contribution is 2.35. The molecule has 1 heteroatoms. The average Bonchev–Trinajstić information content (AvgIpc) is 2.71. The lowest BCUT2D eigenvalue weighted by Crippen LogP contribution is -1.85. The Morgan fingerprint density at radius 1 is 1.11 bits per heavy atom. The molecule has 0 atom stereocenters. The Labute approximate surface area is 113 Å². The second kappa shape index (κ2) is 5.36. The number of allylic oxidation sites excluding steroid dienone is 2. The number of benzene rings is 1. The van der Waals surface area contributed by atoms with E-state index in [0.29, 0.717) is 0 Å². The maximum atomic E-state index is 3.74. The monoisotopic (exact) mass is 254 g/mol.